The SMILES string of the molecule is CNc1nc(C(C)C)nc(N2CC(C)C(N(C)C)C2)c1C. The molecular weight excluding hydrogens is 262 g/mol. The van der Waals surface area contributed by atoms with Crippen molar-refractivity contribution >= 4 is 11.6 Å². The minimum atomic E-state index is 0.334. The van der Waals surface area contributed by atoms with E-state index in [1.165, 1.54) is 0 Å². The molecular formula is C16H29N5. The number of likely N-dealkylation sites (N-methyl/N-ethyl adjacent to an activating group) is 1. The van der Waals surface area contributed by atoms with E-state index in [0.29, 0.717) is 17.9 Å². The Bertz CT molecular complexity index is 498. The van der Waals surface area contributed by atoms with Crippen LogP contribution in [0, 0.1) is 12.8 Å². The second-order valence-corrected chi connectivity index (χ2v) is 6.70. The van der Waals surface area contributed by atoms with Crippen molar-refractivity contribution in [2.75, 3.05) is 44.4 Å². The minimum Gasteiger partial charge on any atom is -0.373 e. The zero-order chi connectivity index (χ0) is 15.7. The first-order valence-corrected chi connectivity index (χ1v) is 7.82. The summed E-state index contributed by atoms with van der Waals surface area (Å²) in [6, 6.07) is 0.583. The molecule has 5 heteroatoms. The van der Waals surface area contributed by atoms with Gasteiger partial charge in [-0.05, 0) is 26.9 Å². The zero-order valence-corrected chi connectivity index (χ0v) is 14.4. The molecule has 0 radical (unpaired) electrons. The molecule has 2 rings (SSSR count). The summed E-state index contributed by atoms with van der Waals surface area (Å²) in [5.74, 6) is 3.94. The van der Waals surface area contributed by atoms with Crippen molar-refractivity contribution < 1.29 is 0 Å². The maximum absolute atomic E-state index is 4.85. The Morgan fingerprint density at radius 3 is 2.38 bits per heavy atom. The van der Waals surface area contributed by atoms with E-state index in [1.807, 2.05) is 7.05 Å². The van der Waals surface area contributed by atoms with Gasteiger partial charge < -0.3 is 15.1 Å². The smallest absolute Gasteiger partial charge is 0.137 e. The summed E-state index contributed by atoms with van der Waals surface area (Å²) >= 11 is 0. The summed E-state index contributed by atoms with van der Waals surface area (Å²) in [4.78, 5) is 14.2. The fraction of sp³-hybridized carbons (Fsp3) is 0.750. The van der Waals surface area contributed by atoms with E-state index < -0.39 is 0 Å². The van der Waals surface area contributed by atoms with Gasteiger partial charge >= 0.3 is 0 Å². The van der Waals surface area contributed by atoms with Crippen LogP contribution >= 0.6 is 0 Å². The van der Waals surface area contributed by atoms with Crippen LogP contribution in [0.2, 0.25) is 0 Å². The van der Waals surface area contributed by atoms with Gasteiger partial charge in [0.25, 0.3) is 0 Å². The molecule has 0 aromatic carbocycles. The van der Waals surface area contributed by atoms with E-state index >= 15 is 0 Å². The molecule has 1 aliphatic heterocycles. The first kappa shape index (κ1) is 16.0. The van der Waals surface area contributed by atoms with Gasteiger partial charge in [0.1, 0.15) is 17.5 Å². The predicted octanol–water partition coefficient (Wildman–Crippen LogP) is 2.34. The van der Waals surface area contributed by atoms with Crippen molar-refractivity contribution in [1.82, 2.24) is 14.9 Å². The molecule has 1 aromatic heterocycles. The van der Waals surface area contributed by atoms with Crippen molar-refractivity contribution in [2.45, 2.75) is 39.7 Å². The van der Waals surface area contributed by atoms with E-state index in [2.05, 4.69) is 61.9 Å². The van der Waals surface area contributed by atoms with Gasteiger partial charge in [-0.2, -0.15) is 0 Å². The van der Waals surface area contributed by atoms with Gasteiger partial charge in [-0.15, -0.1) is 0 Å². The molecule has 21 heavy (non-hydrogen) atoms. The summed E-state index contributed by atoms with van der Waals surface area (Å²) in [5, 5.41) is 3.21. The molecule has 0 amide bonds. The van der Waals surface area contributed by atoms with Crippen LogP contribution in [0.3, 0.4) is 0 Å². The molecule has 0 saturated carbocycles. The van der Waals surface area contributed by atoms with Crippen LogP contribution in [-0.4, -0.2) is 55.1 Å². The molecule has 1 aliphatic rings. The quantitative estimate of drug-likeness (QED) is 0.922. The third-order valence-electron chi connectivity index (χ3n) is 4.43. The van der Waals surface area contributed by atoms with Gasteiger partial charge in [-0.1, -0.05) is 20.8 Å². The Balaban J connectivity index is 2.37. The second-order valence-electron chi connectivity index (χ2n) is 6.70. The number of hydrogen-bond donors (Lipinski definition) is 1. The lowest BCUT2D eigenvalue weighted by atomic mass is 10.1. The third kappa shape index (κ3) is 3.12. The van der Waals surface area contributed by atoms with Crippen molar-refractivity contribution in [3.63, 3.8) is 0 Å². The van der Waals surface area contributed by atoms with E-state index in [4.69, 9.17) is 4.98 Å². The lowest BCUT2D eigenvalue weighted by Crippen LogP contribution is -2.34. The number of rotatable bonds is 4. The molecule has 1 fully saturated rings. The fourth-order valence-electron chi connectivity index (χ4n) is 3.13. The zero-order valence-electron chi connectivity index (χ0n) is 14.4. The monoisotopic (exact) mass is 291 g/mol. The highest BCUT2D eigenvalue weighted by atomic mass is 15.3. The lowest BCUT2D eigenvalue weighted by Gasteiger charge is -2.24. The average molecular weight is 291 g/mol. The van der Waals surface area contributed by atoms with Gasteiger partial charge in [-0.25, -0.2) is 9.97 Å². The minimum absolute atomic E-state index is 0.334. The maximum atomic E-state index is 4.85. The Labute approximate surface area is 128 Å². The summed E-state index contributed by atoms with van der Waals surface area (Å²) in [6.07, 6.45) is 0. The van der Waals surface area contributed by atoms with Crippen molar-refractivity contribution in [3.8, 4) is 0 Å². The summed E-state index contributed by atoms with van der Waals surface area (Å²) in [7, 11) is 6.25. The molecule has 0 aliphatic carbocycles. The Morgan fingerprint density at radius 1 is 1.24 bits per heavy atom. The molecule has 2 atom stereocenters. The van der Waals surface area contributed by atoms with Gasteiger partial charge in [0, 0.05) is 37.7 Å². The van der Waals surface area contributed by atoms with Gasteiger partial charge in [0.2, 0.25) is 0 Å². The predicted molar refractivity (Wildman–Crippen MR) is 89.3 cm³/mol. The molecule has 118 valence electrons. The van der Waals surface area contributed by atoms with Gasteiger partial charge in [-0.3, -0.25) is 0 Å². The number of hydrogen-bond acceptors (Lipinski definition) is 5. The number of aromatic nitrogens is 2. The van der Waals surface area contributed by atoms with Crippen LogP contribution in [0.1, 0.15) is 38.1 Å². The van der Waals surface area contributed by atoms with Crippen LogP contribution in [0.5, 0.6) is 0 Å². The highest BCUT2D eigenvalue weighted by Gasteiger charge is 2.33. The average Bonchev–Trinajstić information content (AvgIpc) is 2.80. The van der Waals surface area contributed by atoms with Gasteiger partial charge in [0.15, 0.2) is 0 Å². The summed E-state index contributed by atoms with van der Waals surface area (Å²) in [5.41, 5.74) is 1.15. The van der Waals surface area contributed by atoms with E-state index in [0.717, 1.165) is 36.1 Å². The first-order chi connectivity index (χ1) is 9.85. The normalized spacial score (nSPS) is 22.4. The van der Waals surface area contributed by atoms with E-state index in [9.17, 15) is 0 Å². The van der Waals surface area contributed by atoms with Gasteiger partial charge in [0.05, 0.1) is 0 Å². The topological polar surface area (TPSA) is 44.3 Å². The number of nitrogens with one attached hydrogen (secondary N) is 1. The highest BCUT2D eigenvalue weighted by molar-refractivity contribution is 5.59. The highest BCUT2D eigenvalue weighted by Crippen LogP contribution is 2.30. The molecule has 1 aromatic rings. The Kier molecular flexibility index (Phi) is 4.71. The largest absolute Gasteiger partial charge is 0.373 e. The number of anilines is 2. The summed E-state index contributed by atoms with van der Waals surface area (Å²) in [6.45, 7) is 10.8. The first-order valence-electron chi connectivity index (χ1n) is 7.82. The van der Waals surface area contributed by atoms with Crippen molar-refractivity contribution in [3.05, 3.63) is 11.4 Å². The van der Waals surface area contributed by atoms with Crippen LogP contribution in [0.25, 0.3) is 0 Å². The van der Waals surface area contributed by atoms with E-state index in [1.54, 1.807) is 0 Å². The molecule has 0 spiro atoms. The van der Waals surface area contributed by atoms with E-state index in [-0.39, 0.29) is 0 Å². The maximum Gasteiger partial charge on any atom is 0.137 e. The Morgan fingerprint density at radius 2 is 1.90 bits per heavy atom. The Hall–Kier alpha value is -1.36. The molecule has 1 N–H and O–H groups in total. The summed E-state index contributed by atoms with van der Waals surface area (Å²) < 4.78 is 0. The molecule has 1 saturated heterocycles. The lowest BCUT2D eigenvalue weighted by molar-refractivity contribution is 0.266. The molecule has 5 nitrogen and oxygen atoms in total. The molecule has 0 bridgehead atoms. The fourth-order valence-corrected chi connectivity index (χ4v) is 3.13. The van der Waals surface area contributed by atoms with Crippen LogP contribution < -0.4 is 10.2 Å². The van der Waals surface area contributed by atoms with Crippen molar-refractivity contribution in [1.29, 1.82) is 0 Å². The van der Waals surface area contributed by atoms with Crippen LogP contribution in [0.4, 0.5) is 11.6 Å². The van der Waals surface area contributed by atoms with Crippen LogP contribution in [-0.2, 0) is 0 Å². The third-order valence-corrected chi connectivity index (χ3v) is 4.43. The molecule has 2 unspecified atom stereocenters. The van der Waals surface area contributed by atoms with Crippen molar-refractivity contribution in [2.24, 2.45) is 5.92 Å². The van der Waals surface area contributed by atoms with Crippen LogP contribution in [0.15, 0.2) is 0 Å². The molecule has 2 heterocycles. The second kappa shape index (κ2) is 6.18. The number of nitrogens with zero attached hydrogens (tertiary/aromatic N) is 4. The standard InChI is InChI=1S/C16H29N5/c1-10(2)14-18-15(17-5)12(4)16(19-14)21-8-11(3)13(9-21)20(6)7/h10-11,13H,8-9H2,1-7H3,(H,17,18,19).